The Bertz CT molecular complexity index is 359. The minimum atomic E-state index is 0.0374. The van der Waals surface area contributed by atoms with Gasteiger partial charge in [-0.15, -0.1) is 0 Å². The van der Waals surface area contributed by atoms with Gasteiger partial charge in [0, 0.05) is 46.7 Å². The van der Waals surface area contributed by atoms with Crippen LogP contribution in [0.15, 0.2) is 0 Å². The molecule has 2 rings (SSSR count). The summed E-state index contributed by atoms with van der Waals surface area (Å²) in [5, 5.41) is 3.39. The molecule has 1 atom stereocenters. The number of hydrogen-bond acceptors (Lipinski definition) is 3. The molecule has 0 radical (unpaired) electrons. The fraction of sp³-hybridized carbons (Fsp3) is 0.867. The average molecular weight is 296 g/mol. The number of nitrogens with zero attached hydrogens (tertiary/aromatic N) is 3. The van der Waals surface area contributed by atoms with E-state index in [0.717, 1.165) is 19.5 Å². The van der Waals surface area contributed by atoms with Crippen LogP contribution in [0.3, 0.4) is 0 Å². The maximum Gasteiger partial charge on any atom is 0.319 e. The Hall–Kier alpha value is -1.30. The molecule has 0 aliphatic carbocycles. The summed E-state index contributed by atoms with van der Waals surface area (Å²) in [5.41, 5.74) is 0. The molecule has 2 fully saturated rings. The van der Waals surface area contributed by atoms with Gasteiger partial charge in [-0.3, -0.25) is 4.79 Å². The van der Waals surface area contributed by atoms with Crippen LogP contribution in [-0.2, 0) is 4.79 Å². The molecular formula is C15H28N4O2. The molecule has 2 aliphatic heterocycles. The van der Waals surface area contributed by atoms with Crippen LogP contribution in [0.2, 0.25) is 0 Å². The number of urea groups is 1. The lowest BCUT2D eigenvalue weighted by molar-refractivity contribution is -0.133. The first kappa shape index (κ1) is 16.1. The lowest BCUT2D eigenvalue weighted by Gasteiger charge is -2.36. The van der Waals surface area contributed by atoms with Crippen molar-refractivity contribution in [3.8, 4) is 0 Å². The third-order valence-corrected chi connectivity index (χ3v) is 4.45. The molecule has 2 aliphatic rings. The number of piperazine rings is 1. The van der Waals surface area contributed by atoms with E-state index in [4.69, 9.17) is 0 Å². The fourth-order valence-corrected chi connectivity index (χ4v) is 3.09. The van der Waals surface area contributed by atoms with E-state index in [1.807, 2.05) is 9.80 Å². The summed E-state index contributed by atoms with van der Waals surface area (Å²) >= 11 is 0. The Morgan fingerprint density at radius 2 is 1.81 bits per heavy atom. The van der Waals surface area contributed by atoms with E-state index in [2.05, 4.69) is 5.32 Å². The molecule has 0 aromatic carbocycles. The predicted molar refractivity (Wildman–Crippen MR) is 82.1 cm³/mol. The van der Waals surface area contributed by atoms with E-state index in [1.54, 1.807) is 19.0 Å². The molecule has 1 N–H and O–H groups in total. The van der Waals surface area contributed by atoms with Crippen LogP contribution in [0.1, 0.15) is 25.7 Å². The smallest absolute Gasteiger partial charge is 0.319 e. The summed E-state index contributed by atoms with van der Waals surface area (Å²) in [7, 11) is 3.52. The number of amides is 3. The van der Waals surface area contributed by atoms with Gasteiger partial charge >= 0.3 is 6.03 Å². The Labute approximate surface area is 127 Å². The molecule has 0 bridgehead atoms. The molecule has 6 heteroatoms. The van der Waals surface area contributed by atoms with Gasteiger partial charge in [0.2, 0.25) is 5.91 Å². The van der Waals surface area contributed by atoms with Crippen molar-refractivity contribution in [1.82, 2.24) is 20.0 Å². The second-order valence-electron chi connectivity index (χ2n) is 6.30. The van der Waals surface area contributed by atoms with Crippen LogP contribution in [0.4, 0.5) is 4.79 Å². The molecule has 1 unspecified atom stereocenters. The monoisotopic (exact) mass is 296 g/mol. The van der Waals surface area contributed by atoms with E-state index in [-0.39, 0.29) is 11.9 Å². The van der Waals surface area contributed by atoms with Crippen molar-refractivity contribution < 1.29 is 9.59 Å². The maximum atomic E-state index is 12.2. The Morgan fingerprint density at radius 3 is 2.38 bits per heavy atom. The number of piperidine rings is 1. The summed E-state index contributed by atoms with van der Waals surface area (Å²) in [4.78, 5) is 29.4. The highest BCUT2D eigenvalue weighted by molar-refractivity contribution is 5.77. The lowest BCUT2D eigenvalue weighted by Crippen LogP contribution is -2.52. The molecule has 120 valence electrons. The Balaban J connectivity index is 1.69. The zero-order valence-electron chi connectivity index (χ0n) is 13.3. The van der Waals surface area contributed by atoms with Crippen molar-refractivity contribution in [3.63, 3.8) is 0 Å². The molecule has 0 saturated carbocycles. The van der Waals surface area contributed by atoms with Crippen molar-refractivity contribution in [2.75, 3.05) is 53.4 Å². The molecule has 6 nitrogen and oxygen atoms in total. The predicted octanol–water partition coefficient (Wildman–Crippen LogP) is 0.592. The van der Waals surface area contributed by atoms with E-state index < -0.39 is 0 Å². The van der Waals surface area contributed by atoms with Gasteiger partial charge in [-0.05, 0) is 38.3 Å². The number of hydrogen-bond donors (Lipinski definition) is 1. The number of nitrogens with one attached hydrogen (secondary N) is 1. The fourth-order valence-electron chi connectivity index (χ4n) is 3.09. The molecule has 0 spiro atoms. The average Bonchev–Trinajstić information content (AvgIpc) is 2.53. The first-order valence-electron chi connectivity index (χ1n) is 8.02. The summed E-state index contributed by atoms with van der Waals surface area (Å²) in [5.74, 6) is 0.900. The highest BCUT2D eigenvalue weighted by Gasteiger charge is 2.25. The highest BCUT2D eigenvalue weighted by atomic mass is 16.2. The number of rotatable bonds is 3. The van der Waals surface area contributed by atoms with Crippen LogP contribution >= 0.6 is 0 Å². The Morgan fingerprint density at radius 1 is 1.14 bits per heavy atom. The number of carbonyl (C=O) groups is 2. The van der Waals surface area contributed by atoms with Crippen molar-refractivity contribution in [1.29, 1.82) is 0 Å². The van der Waals surface area contributed by atoms with Gasteiger partial charge in [0.15, 0.2) is 0 Å². The van der Waals surface area contributed by atoms with Crippen molar-refractivity contribution in [2.24, 2.45) is 5.92 Å². The quantitative estimate of drug-likeness (QED) is 0.829. The molecule has 3 amide bonds. The zero-order valence-corrected chi connectivity index (χ0v) is 13.3. The first-order valence-corrected chi connectivity index (χ1v) is 8.02. The van der Waals surface area contributed by atoms with Crippen LogP contribution in [-0.4, -0.2) is 80.0 Å². The summed E-state index contributed by atoms with van der Waals surface area (Å²) in [6.07, 6.45) is 4.10. The van der Waals surface area contributed by atoms with Gasteiger partial charge in [0.25, 0.3) is 0 Å². The molecule has 2 heterocycles. The summed E-state index contributed by atoms with van der Waals surface area (Å²) < 4.78 is 0. The summed E-state index contributed by atoms with van der Waals surface area (Å²) in [6.45, 7) is 4.80. The molecular weight excluding hydrogens is 268 g/mol. The van der Waals surface area contributed by atoms with Crippen molar-refractivity contribution in [3.05, 3.63) is 0 Å². The standard InChI is InChI=1S/C15H28N4O2/c1-17(2)15(21)19-10-8-18(9-11-19)14(20)6-5-13-4-3-7-16-12-13/h13,16H,3-12H2,1-2H3. The molecule has 2 saturated heterocycles. The normalized spacial score (nSPS) is 23.0. The first-order chi connectivity index (χ1) is 10.1. The molecule has 21 heavy (non-hydrogen) atoms. The van der Waals surface area contributed by atoms with Gasteiger partial charge in [0.05, 0.1) is 0 Å². The van der Waals surface area contributed by atoms with E-state index in [9.17, 15) is 9.59 Å². The number of carbonyl (C=O) groups excluding carboxylic acids is 2. The van der Waals surface area contributed by atoms with Crippen LogP contribution in [0.5, 0.6) is 0 Å². The van der Waals surface area contributed by atoms with Crippen molar-refractivity contribution in [2.45, 2.75) is 25.7 Å². The van der Waals surface area contributed by atoms with Gasteiger partial charge < -0.3 is 20.0 Å². The second-order valence-corrected chi connectivity index (χ2v) is 6.30. The Kier molecular flexibility index (Phi) is 5.85. The highest BCUT2D eigenvalue weighted by Crippen LogP contribution is 2.17. The van der Waals surface area contributed by atoms with Crippen LogP contribution in [0.25, 0.3) is 0 Å². The third-order valence-electron chi connectivity index (χ3n) is 4.45. The lowest BCUT2D eigenvalue weighted by atomic mass is 9.94. The van der Waals surface area contributed by atoms with Gasteiger partial charge in [-0.1, -0.05) is 0 Å². The van der Waals surface area contributed by atoms with Crippen molar-refractivity contribution >= 4 is 11.9 Å². The largest absolute Gasteiger partial charge is 0.339 e. The SMILES string of the molecule is CN(C)C(=O)N1CCN(C(=O)CCC2CCCNC2)CC1. The van der Waals surface area contributed by atoms with Crippen LogP contribution < -0.4 is 5.32 Å². The van der Waals surface area contributed by atoms with Gasteiger partial charge in [0.1, 0.15) is 0 Å². The molecule has 0 aromatic heterocycles. The maximum absolute atomic E-state index is 12.2. The summed E-state index contributed by atoms with van der Waals surface area (Å²) in [6, 6.07) is 0.0374. The topological polar surface area (TPSA) is 55.9 Å². The van der Waals surface area contributed by atoms with E-state index in [1.165, 1.54) is 12.8 Å². The molecule has 0 aromatic rings. The minimum absolute atomic E-state index is 0.0374. The third kappa shape index (κ3) is 4.59. The zero-order chi connectivity index (χ0) is 15.2. The van der Waals surface area contributed by atoms with Crippen LogP contribution in [0, 0.1) is 5.92 Å². The van der Waals surface area contributed by atoms with Gasteiger partial charge in [-0.25, -0.2) is 4.79 Å². The van der Waals surface area contributed by atoms with Gasteiger partial charge in [-0.2, -0.15) is 0 Å². The van der Waals surface area contributed by atoms with E-state index in [0.29, 0.717) is 38.5 Å². The second kappa shape index (κ2) is 7.64. The van der Waals surface area contributed by atoms with E-state index >= 15 is 0 Å². The minimum Gasteiger partial charge on any atom is -0.339 e.